The summed E-state index contributed by atoms with van der Waals surface area (Å²) in [6.45, 7) is 3.69. The number of carbonyl (C=O) groups is 1. The van der Waals surface area contributed by atoms with Gasteiger partial charge in [0, 0.05) is 12.5 Å². The van der Waals surface area contributed by atoms with E-state index in [0.29, 0.717) is 11.3 Å². The van der Waals surface area contributed by atoms with Gasteiger partial charge in [0.25, 0.3) is 0 Å². The van der Waals surface area contributed by atoms with E-state index in [0.717, 1.165) is 30.6 Å². The van der Waals surface area contributed by atoms with Crippen molar-refractivity contribution >= 4 is 6.29 Å². The Kier molecular flexibility index (Phi) is 2.98. The van der Waals surface area contributed by atoms with Gasteiger partial charge in [-0.25, -0.2) is 0 Å². The Balaban J connectivity index is 1.41. The van der Waals surface area contributed by atoms with Gasteiger partial charge in [-0.3, -0.25) is 0 Å². The van der Waals surface area contributed by atoms with Crippen molar-refractivity contribution in [1.82, 2.24) is 4.90 Å². The maximum Gasteiger partial charge on any atom is 0.123 e. The number of hydrogen-bond donors (Lipinski definition) is 0. The van der Waals surface area contributed by atoms with Crippen molar-refractivity contribution in [3.8, 4) is 0 Å². The molecule has 4 bridgehead atoms. The van der Waals surface area contributed by atoms with Gasteiger partial charge >= 0.3 is 0 Å². The zero-order chi connectivity index (χ0) is 12.9. The van der Waals surface area contributed by atoms with Crippen LogP contribution in [0.5, 0.6) is 0 Å². The van der Waals surface area contributed by atoms with Crippen LogP contribution in [-0.2, 0) is 4.79 Å². The molecule has 1 heterocycles. The number of rotatable bonds is 3. The minimum absolute atomic E-state index is 0.354. The van der Waals surface area contributed by atoms with Crippen LogP contribution in [0.3, 0.4) is 0 Å². The van der Waals surface area contributed by atoms with E-state index in [1.165, 1.54) is 45.2 Å². The third kappa shape index (κ3) is 2.26. The van der Waals surface area contributed by atoms with Gasteiger partial charge in [0.15, 0.2) is 0 Å². The van der Waals surface area contributed by atoms with Gasteiger partial charge in [-0.2, -0.15) is 0 Å². The van der Waals surface area contributed by atoms with Crippen LogP contribution in [0.4, 0.5) is 0 Å². The zero-order valence-electron chi connectivity index (χ0n) is 12.0. The van der Waals surface area contributed by atoms with Gasteiger partial charge in [0.05, 0.1) is 0 Å². The Morgan fingerprint density at radius 1 is 0.947 bits per heavy atom. The first kappa shape index (κ1) is 12.4. The topological polar surface area (TPSA) is 20.3 Å². The summed E-state index contributed by atoms with van der Waals surface area (Å²) in [6, 6.07) is 0. The van der Waals surface area contributed by atoms with Crippen LogP contribution in [0.15, 0.2) is 0 Å². The fourth-order valence-electron chi connectivity index (χ4n) is 6.21. The summed E-state index contributed by atoms with van der Waals surface area (Å²) >= 11 is 0. The van der Waals surface area contributed by atoms with Crippen LogP contribution in [-0.4, -0.2) is 30.8 Å². The second-order valence-corrected chi connectivity index (χ2v) is 8.17. The highest BCUT2D eigenvalue weighted by Crippen LogP contribution is 2.60. The molecule has 5 rings (SSSR count). The highest BCUT2D eigenvalue weighted by atomic mass is 16.1. The van der Waals surface area contributed by atoms with E-state index in [-0.39, 0.29) is 0 Å². The average molecular weight is 261 g/mol. The van der Waals surface area contributed by atoms with Gasteiger partial charge in [-0.1, -0.05) is 0 Å². The number of piperidine rings is 1. The number of carbonyl (C=O) groups excluding carboxylic acids is 1. The van der Waals surface area contributed by atoms with E-state index in [9.17, 15) is 4.79 Å². The molecule has 106 valence electrons. The predicted molar refractivity (Wildman–Crippen MR) is 75.8 cm³/mol. The van der Waals surface area contributed by atoms with Crippen molar-refractivity contribution in [2.75, 3.05) is 19.6 Å². The molecule has 0 aromatic heterocycles. The molecule has 2 heteroatoms. The minimum Gasteiger partial charge on any atom is -0.303 e. The summed E-state index contributed by atoms with van der Waals surface area (Å²) in [7, 11) is 0. The summed E-state index contributed by atoms with van der Waals surface area (Å²) < 4.78 is 0. The van der Waals surface area contributed by atoms with Crippen LogP contribution in [0, 0.1) is 29.1 Å². The van der Waals surface area contributed by atoms with E-state index in [4.69, 9.17) is 0 Å². The molecule has 0 atom stereocenters. The van der Waals surface area contributed by atoms with Crippen molar-refractivity contribution in [3.05, 3.63) is 0 Å². The van der Waals surface area contributed by atoms with Gasteiger partial charge in [0.1, 0.15) is 6.29 Å². The zero-order valence-corrected chi connectivity index (χ0v) is 12.0. The first-order valence-electron chi connectivity index (χ1n) is 8.42. The lowest BCUT2D eigenvalue weighted by Gasteiger charge is -2.58. The summed E-state index contributed by atoms with van der Waals surface area (Å²) in [5.74, 6) is 3.56. The molecule has 4 aliphatic carbocycles. The van der Waals surface area contributed by atoms with Gasteiger partial charge in [-0.15, -0.1) is 0 Å². The number of hydrogen-bond acceptors (Lipinski definition) is 2. The van der Waals surface area contributed by atoms with Crippen molar-refractivity contribution < 1.29 is 4.79 Å². The molecule has 1 aliphatic heterocycles. The van der Waals surface area contributed by atoms with Gasteiger partial charge in [0.2, 0.25) is 0 Å². The summed E-state index contributed by atoms with van der Waals surface area (Å²) in [5, 5.41) is 0. The Morgan fingerprint density at radius 3 is 1.95 bits per heavy atom. The smallest absolute Gasteiger partial charge is 0.123 e. The Hall–Kier alpha value is -0.370. The molecule has 0 spiro atoms. The molecule has 5 fully saturated rings. The average Bonchev–Trinajstić information content (AvgIpc) is 2.37. The van der Waals surface area contributed by atoms with Crippen molar-refractivity contribution in [2.45, 2.75) is 51.4 Å². The molecule has 0 aromatic carbocycles. The summed E-state index contributed by atoms with van der Waals surface area (Å²) in [4.78, 5) is 13.5. The third-order valence-corrected chi connectivity index (χ3v) is 6.55. The van der Waals surface area contributed by atoms with Crippen molar-refractivity contribution in [3.63, 3.8) is 0 Å². The molecule has 4 saturated carbocycles. The van der Waals surface area contributed by atoms with E-state index < -0.39 is 0 Å². The van der Waals surface area contributed by atoms with Crippen LogP contribution in [0.2, 0.25) is 0 Å². The molecule has 1 saturated heterocycles. The Labute approximate surface area is 116 Å². The first-order chi connectivity index (χ1) is 9.25. The quantitative estimate of drug-likeness (QED) is 0.728. The Morgan fingerprint density at radius 2 is 1.47 bits per heavy atom. The molecule has 0 N–H and O–H groups in total. The Bertz CT molecular complexity index is 321. The number of nitrogens with zero attached hydrogens (tertiary/aromatic N) is 1. The van der Waals surface area contributed by atoms with E-state index in [1.807, 2.05) is 0 Å². The highest BCUT2D eigenvalue weighted by molar-refractivity contribution is 5.53. The lowest BCUT2D eigenvalue weighted by Crippen LogP contribution is -2.52. The monoisotopic (exact) mass is 261 g/mol. The lowest BCUT2D eigenvalue weighted by atomic mass is 9.49. The largest absolute Gasteiger partial charge is 0.303 e. The molecule has 2 nitrogen and oxygen atoms in total. The second-order valence-electron chi connectivity index (χ2n) is 8.17. The maximum atomic E-state index is 10.9. The first-order valence-corrected chi connectivity index (χ1v) is 8.42. The van der Waals surface area contributed by atoms with Crippen LogP contribution in [0.25, 0.3) is 0 Å². The van der Waals surface area contributed by atoms with Crippen molar-refractivity contribution in [1.29, 1.82) is 0 Å². The summed E-state index contributed by atoms with van der Waals surface area (Å²) in [6.07, 6.45) is 12.6. The number of likely N-dealkylation sites (tertiary alicyclic amines) is 1. The summed E-state index contributed by atoms with van der Waals surface area (Å²) in [5.41, 5.74) is 0.683. The fraction of sp³-hybridized carbons (Fsp3) is 0.941. The van der Waals surface area contributed by atoms with Crippen LogP contribution in [0.1, 0.15) is 51.4 Å². The van der Waals surface area contributed by atoms with E-state index in [2.05, 4.69) is 4.90 Å². The maximum absolute atomic E-state index is 10.9. The van der Waals surface area contributed by atoms with E-state index >= 15 is 0 Å². The van der Waals surface area contributed by atoms with E-state index in [1.54, 1.807) is 19.3 Å². The SMILES string of the molecule is O=CC1CCN(CC23CC4CC(CC(C4)C2)C3)CC1. The third-order valence-electron chi connectivity index (χ3n) is 6.55. The minimum atomic E-state index is 0.354. The lowest BCUT2D eigenvalue weighted by molar-refractivity contribution is -0.113. The predicted octanol–water partition coefficient (Wildman–Crippen LogP) is 3.11. The van der Waals surface area contributed by atoms with Crippen LogP contribution >= 0.6 is 0 Å². The molecule has 5 aliphatic rings. The van der Waals surface area contributed by atoms with Gasteiger partial charge < -0.3 is 9.69 Å². The number of aldehydes is 1. The molecule has 0 amide bonds. The molecule has 0 unspecified atom stereocenters. The molecular formula is C17H27NO. The van der Waals surface area contributed by atoms with Gasteiger partial charge in [-0.05, 0) is 87.6 Å². The molecule has 0 radical (unpaired) electrons. The standard InChI is InChI=1S/C17H27NO/c19-11-13-1-3-18(4-2-13)12-17-8-14-5-15(9-17)7-16(6-14)10-17/h11,13-16H,1-10,12H2. The van der Waals surface area contributed by atoms with Crippen molar-refractivity contribution in [2.24, 2.45) is 29.1 Å². The second kappa shape index (κ2) is 4.58. The fourth-order valence-corrected chi connectivity index (χ4v) is 6.21. The highest BCUT2D eigenvalue weighted by Gasteiger charge is 2.51. The molecule has 0 aromatic rings. The normalized spacial score (nSPS) is 46.6. The van der Waals surface area contributed by atoms with Crippen LogP contribution < -0.4 is 0 Å². The molecular weight excluding hydrogens is 234 g/mol. The molecule has 19 heavy (non-hydrogen) atoms.